The summed E-state index contributed by atoms with van der Waals surface area (Å²) in [5.74, 6) is -0.0553. The summed E-state index contributed by atoms with van der Waals surface area (Å²) < 4.78 is 6.28. The summed E-state index contributed by atoms with van der Waals surface area (Å²) in [7, 11) is 1.34. The molecular formula is C28H30N4O3. The molecule has 180 valence electrons. The molecule has 0 atom stereocenters. The van der Waals surface area contributed by atoms with E-state index in [4.69, 9.17) is 4.74 Å². The fourth-order valence-electron chi connectivity index (χ4n) is 4.84. The minimum Gasteiger partial charge on any atom is -0.465 e. The Morgan fingerprint density at radius 1 is 1.06 bits per heavy atom. The van der Waals surface area contributed by atoms with E-state index in [9.17, 15) is 9.59 Å². The van der Waals surface area contributed by atoms with Crippen molar-refractivity contribution in [1.29, 1.82) is 0 Å². The zero-order chi connectivity index (χ0) is 24.2. The third-order valence-electron chi connectivity index (χ3n) is 6.79. The zero-order valence-corrected chi connectivity index (χ0v) is 19.9. The highest BCUT2D eigenvalue weighted by Crippen LogP contribution is 2.16. The molecule has 1 aliphatic heterocycles. The highest BCUT2D eigenvalue weighted by atomic mass is 16.5. The molecule has 2 heterocycles. The third kappa shape index (κ3) is 5.20. The molecule has 2 aromatic carbocycles. The van der Waals surface area contributed by atoms with E-state index in [1.165, 1.54) is 27.7 Å². The van der Waals surface area contributed by atoms with Crippen LogP contribution in [0.25, 0.3) is 17.8 Å². The molecule has 5 rings (SSSR count). The molecule has 1 aromatic heterocycles. The molecule has 35 heavy (non-hydrogen) atoms. The first-order chi connectivity index (χ1) is 17.1. The number of benzene rings is 2. The summed E-state index contributed by atoms with van der Waals surface area (Å²) in [6.07, 6.45) is 12.1. The van der Waals surface area contributed by atoms with Crippen LogP contribution < -0.4 is 21.3 Å². The maximum Gasteiger partial charge on any atom is 0.337 e. The largest absolute Gasteiger partial charge is 0.465 e. The minimum absolute atomic E-state index is 0.204. The van der Waals surface area contributed by atoms with Gasteiger partial charge in [-0.25, -0.2) is 9.78 Å². The highest BCUT2D eigenvalue weighted by Gasteiger charge is 2.21. The average Bonchev–Trinajstić information content (AvgIpc) is 2.90. The van der Waals surface area contributed by atoms with Gasteiger partial charge in [0.05, 0.1) is 12.7 Å². The summed E-state index contributed by atoms with van der Waals surface area (Å²) in [6, 6.07) is 13.8. The number of fused-ring (bicyclic) bond motifs is 1. The Labute approximate surface area is 204 Å². The lowest BCUT2D eigenvalue weighted by atomic mass is 10.0. The van der Waals surface area contributed by atoms with Crippen LogP contribution in [0.4, 0.5) is 5.82 Å². The van der Waals surface area contributed by atoms with Crippen molar-refractivity contribution in [2.45, 2.75) is 38.3 Å². The number of hydrogen-bond acceptors (Lipinski definition) is 6. The summed E-state index contributed by atoms with van der Waals surface area (Å²) in [5.41, 5.74) is 2.26. The lowest BCUT2D eigenvalue weighted by Crippen LogP contribution is -2.40. The van der Waals surface area contributed by atoms with E-state index < -0.39 is 5.97 Å². The van der Waals surface area contributed by atoms with Gasteiger partial charge in [-0.1, -0.05) is 30.4 Å². The maximum absolute atomic E-state index is 13.1. The molecule has 1 fully saturated rings. The number of anilines is 1. The van der Waals surface area contributed by atoms with Crippen molar-refractivity contribution in [3.8, 4) is 5.69 Å². The quantitative estimate of drug-likeness (QED) is 0.558. The Hall–Kier alpha value is -3.71. The number of nitrogens with one attached hydrogen (secondary N) is 1. The number of piperidine rings is 1. The van der Waals surface area contributed by atoms with E-state index in [1.807, 2.05) is 0 Å². The monoisotopic (exact) mass is 470 g/mol. The number of likely N-dealkylation sites (tertiary alicyclic amines) is 1. The Balaban J connectivity index is 1.21. The van der Waals surface area contributed by atoms with Crippen molar-refractivity contribution in [3.63, 3.8) is 0 Å². The van der Waals surface area contributed by atoms with Crippen molar-refractivity contribution >= 4 is 23.9 Å². The van der Waals surface area contributed by atoms with Crippen LogP contribution in [0.3, 0.4) is 0 Å². The number of ether oxygens (including phenoxy) is 1. The molecule has 0 radical (unpaired) electrons. The van der Waals surface area contributed by atoms with E-state index in [2.05, 4.69) is 45.6 Å². The van der Waals surface area contributed by atoms with E-state index in [-0.39, 0.29) is 11.6 Å². The molecule has 7 heteroatoms. The zero-order valence-electron chi connectivity index (χ0n) is 19.9. The maximum atomic E-state index is 13.1. The lowest BCUT2D eigenvalue weighted by molar-refractivity contribution is 0.0600. The van der Waals surface area contributed by atoms with Gasteiger partial charge < -0.3 is 10.1 Å². The van der Waals surface area contributed by atoms with Crippen LogP contribution in [0.15, 0.2) is 59.7 Å². The van der Waals surface area contributed by atoms with Crippen LogP contribution in [0.2, 0.25) is 0 Å². The molecule has 1 N–H and O–H groups in total. The normalized spacial score (nSPS) is 16.0. The summed E-state index contributed by atoms with van der Waals surface area (Å²) in [6.45, 7) is 2.90. The van der Waals surface area contributed by atoms with Crippen LogP contribution in [0.5, 0.6) is 0 Å². The second kappa shape index (κ2) is 10.3. The van der Waals surface area contributed by atoms with Crippen molar-refractivity contribution in [2.24, 2.45) is 0 Å². The van der Waals surface area contributed by atoms with E-state index in [0.717, 1.165) is 45.3 Å². The fourth-order valence-corrected chi connectivity index (χ4v) is 4.84. The third-order valence-corrected chi connectivity index (χ3v) is 6.79. The number of esters is 1. The molecule has 2 aliphatic rings. The molecule has 0 saturated carbocycles. The predicted octanol–water partition coefficient (Wildman–Crippen LogP) is 2.45. The van der Waals surface area contributed by atoms with Gasteiger partial charge in [-0.15, -0.1) is 0 Å². The van der Waals surface area contributed by atoms with E-state index in [0.29, 0.717) is 17.1 Å². The van der Waals surface area contributed by atoms with Crippen molar-refractivity contribution < 1.29 is 9.53 Å². The Kier molecular flexibility index (Phi) is 6.77. The van der Waals surface area contributed by atoms with Crippen molar-refractivity contribution in [3.05, 3.63) is 86.8 Å². The summed E-state index contributed by atoms with van der Waals surface area (Å²) >= 11 is 0. The standard InChI is InChI=1S/C28H30N4O3/c1-35-28(34)22-8-10-25(11-9-22)32-17-14-29-26(27(32)33)30-24-12-15-31(16-13-24)19-20-6-7-21-4-2-3-5-23(21)18-20/h4-11,14,17-18,24H,2-3,12-13,15-16,19H2,1H3,(H,29,30). The van der Waals surface area contributed by atoms with Crippen LogP contribution in [-0.4, -0.2) is 46.7 Å². The van der Waals surface area contributed by atoms with Crippen LogP contribution >= 0.6 is 0 Å². The molecule has 7 nitrogen and oxygen atoms in total. The van der Waals surface area contributed by atoms with Crippen molar-refractivity contribution in [2.75, 3.05) is 25.5 Å². The topological polar surface area (TPSA) is 76.5 Å². The van der Waals surface area contributed by atoms with Crippen LogP contribution in [0, 0.1) is 0 Å². The number of carbonyl (C=O) groups excluding carboxylic acids is 1. The van der Waals surface area contributed by atoms with Gasteiger partial charge in [0.15, 0.2) is 5.82 Å². The average molecular weight is 471 g/mol. The first-order valence-electron chi connectivity index (χ1n) is 12.2. The minimum atomic E-state index is -0.407. The van der Waals surface area contributed by atoms with Gasteiger partial charge in [-0.2, -0.15) is 0 Å². The van der Waals surface area contributed by atoms with Gasteiger partial charge in [0.2, 0.25) is 0 Å². The number of carbonyl (C=O) groups is 1. The van der Waals surface area contributed by atoms with Crippen molar-refractivity contribution in [1.82, 2.24) is 14.5 Å². The van der Waals surface area contributed by atoms with E-state index in [1.54, 1.807) is 36.7 Å². The highest BCUT2D eigenvalue weighted by molar-refractivity contribution is 5.89. The Morgan fingerprint density at radius 3 is 2.54 bits per heavy atom. The molecule has 0 bridgehead atoms. The molecular weight excluding hydrogens is 440 g/mol. The molecule has 1 saturated heterocycles. The molecule has 0 spiro atoms. The second-order valence-corrected chi connectivity index (χ2v) is 9.13. The lowest BCUT2D eigenvalue weighted by Gasteiger charge is -2.32. The smallest absolute Gasteiger partial charge is 0.337 e. The first-order valence-corrected chi connectivity index (χ1v) is 12.2. The SMILES string of the molecule is COC(=O)c1ccc(-n2ccnc(NC3CCN(Cc4ccc5c(c4)=CCCC=5)CC3)c2=O)cc1. The van der Waals surface area contributed by atoms with Gasteiger partial charge >= 0.3 is 5.97 Å². The fraction of sp³-hybridized carbons (Fsp3) is 0.321. The van der Waals surface area contributed by atoms with Crippen LogP contribution in [0.1, 0.15) is 41.6 Å². The van der Waals surface area contributed by atoms with Gasteiger partial charge in [0.1, 0.15) is 0 Å². The first kappa shape index (κ1) is 23.1. The Morgan fingerprint density at radius 2 is 1.80 bits per heavy atom. The number of nitrogens with zero attached hydrogens (tertiary/aromatic N) is 3. The molecule has 1 aliphatic carbocycles. The summed E-state index contributed by atoms with van der Waals surface area (Å²) in [4.78, 5) is 31.5. The molecule has 0 unspecified atom stereocenters. The van der Waals surface area contributed by atoms with E-state index >= 15 is 0 Å². The number of aromatic nitrogens is 2. The predicted molar refractivity (Wildman–Crippen MR) is 137 cm³/mol. The Bertz CT molecular complexity index is 1390. The number of rotatable bonds is 6. The van der Waals surface area contributed by atoms with Gasteiger partial charge in [-0.05, 0) is 65.9 Å². The second-order valence-electron chi connectivity index (χ2n) is 9.13. The van der Waals surface area contributed by atoms with Crippen LogP contribution in [-0.2, 0) is 11.3 Å². The number of methoxy groups -OCH3 is 1. The van der Waals surface area contributed by atoms with Gasteiger partial charge in [-0.3, -0.25) is 14.3 Å². The van der Waals surface area contributed by atoms with Gasteiger partial charge in [0, 0.05) is 43.8 Å². The molecule has 3 aromatic rings. The molecule has 0 amide bonds. The summed E-state index contributed by atoms with van der Waals surface area (Å²) in [5, 5.41) is 6.08. The van der Waals surface area contributed by atoms with Gasteiger partial charge in [0.25, 0.3) is 5.56 Å². The number of hydrogen-bond donors (Lipinski definition) is 1.